The Morgan fingerprint density at radius 3 is 2.19 bits per heavy atom. The number of hydrogen-bond acceptors (Lipinski definition) is 6. The van der Waals surface area contributed by atoms with Gasteiger partial charge in [0.05, 0.1) is 21.3 Å². The summed E-state index contributed by atoms with van der Waals surface area (Å²) in [5, 5.41) is 13.0. The topological polar surface area (TPSA) is 92.7 Å². The van der Waals surface area contributed by atoms with Crippen LogP contribution in [0.1, 0.15) is 46.1 Å². The number of benzene rings is 2. The highest BCUT2D eigenvalue weighted by Gasteiger charge is 2.42. The third-order valence-electron chi connectivity index (χ3n) is 4.97. The molecular weight excluding hydrogens is 450 g/mol. The number of esters is 1. The number of hydrogen-bond donors (Lipinski definition) is 2. The second kappa shape index (κ2) is 8.64. The van der Waals surface area contributed by atoms with Crippen LogP contribution in [0.25, 0.3) is 0 Å². The Morgan fingerprint density at radius 1 is 1.03 bits per heavy atom. The van der Waals surface area contributed by atoms with Crippen molar-refractivity contribution in [2.75, 3.05) is 0 Å². The molecule has 0 saturated carbocycles. The fourth-order valence-corrected chi connectivity index (χ4v) is 5.70. The van der Waals surface area contributed by atoms with Gasteiger partial charge >= 0.3 is 5.97 Å². The maximum atomic E-state index is 13.8. The van der Waals surface area contributed by atoms with Gasteiger partial charge in [-0.2, -0.15) is 0 Å². The number of phenols is 1. The Kier molecular flexibility index (Phi) is 6.45. The van der Waals surface area contributed by atoms with Crippen LogP contribution in [0.2, 0.25) is 5.02 Å². The van der Waals surface area contributed by atoms with E-state index in [0.29, 0.717) is 22.0 Å². The van der Waals surface area contributed by atoms with E-state index in [9.17, 15) is 18.3 Å². The van der Waals surface area contributed by atoms with E-state index in [1.807, 2.05) is 0 Å². The molecule has 1 unspecified atom stereocenters. The van der Waals surface area contributed by atoms with Gasteiger partial charge in [0.25, 0.3) is 0 Å². The molecule has 0 fully saturated rings. The van der Waals surface area contributed by atoms with Gasteiger partial charge in [0.15, 0.2) is 0 Å². The molecule has 8 heteroatoms. The quantitative estimate of drug-likeness (QED) is 0.601. The zero-order valence-electron chi connectivity index (χ0n) is 18.6. The van der Waals surface area contributed by atoms with Crippen molar-refractivity contribution in [2.24, 2.45) is 0 Å². The van der Waals surface area contributed by atoms with E-state index in [-0.39, 0.29) is 21.1 Å². The van der Waals surface area contributed by atoms with Crippen molar-refractivity contribution in [1.29, 1.82) is 0 Å². The molecule has 0 bridgehead atoms. The van der Waals surface area contributed by atoms with E-state index < -0.39 is 27.3 Å². The number of dihydropyridines is 1. The lowest BCUT2D eigenvalue weighted by molar-refractivity contribution is -0.150. The second-order valence-electron chi connectivity index (χ2n) is 8.61. The predicted octanol–water partition coefficient (Wildman–Crippen LogP) is 5.05. The minimum absolute atomic E-state index is 0.00255. The molecule has 1 aliphatic heterocycles. The average molecular weight is 476 g/mol. The molecule has 2 aromatic carbocycles. The normalized spacial score (nSPS) is 17.2. The Labute approximate surface area is 193 Å². The summed E-state index contributed by atoms with van der Waals surface area (Å²) in [4.78, 5) is 13.3. The highest BCUT2D eigenvalue weighted by Crippen LogP contribution is 2.45. The van der Waals surface area contributed by atoms with Gasteiger partial charge in [0, 0.05) is 16.4 Å². The van der Waals surface area contributed by atoms with Crippen molar-refractivity contribution in [3.63, 3.8) is 0 Å². The lowest BCUT2D eigenvalue weighted by Gasteiger charge is -2.33. The number of halogens is 1. The monoisotopic (exact) mass is 475 g/mol. The standard InChI is InChI=1S/C24H26ClNO5S/c1-14-20(23(28)31-24(3,4)5)21(18-8-6-7-9-19(18)25)22(15(2)26-14)32(29,30)17-12-10-16(27)11-13-17/h6-13,21,26-27H,1-5H3. The van der Waals surface area contributed by atoms with Crippen LogP contribution in [0.5, 0.6) is 5.75 Å². The third-order valence-corrected chi connectivity index (χ3v) is 7.33. The number of carbonyl (C=O) groups is 1. The summed E-state index contributed by atoms with van der Waals surface area (Å²) in [6.07, 6.45) is 0. The van der Waals surface area contributed by atoms with Crippen molar-refractivity contribution in [3.8, 4) is 5.75 Å². The summed E-state index contributed by atoms with van der Waals surface area (Å²) in [6.45, 7) is 8.59. The Morgan fingerprint density at radius 2 is 1.62 bits per heavy atom. The number of aromatic hydroxyl groups is 1. The van der Waals surface area contributed by atoms with Gasteiger partial charge in [-0.1, -0.05) is 29.8 Å². The molecule has 3 rings (SSSR count). The van der Waals surface area contributed by atoms with Crippen molar-refractivity contribution >= 4 is 27.4 Å². The van der Waals surface area contributed by atoms with Gasteiger partial charge in [0.1, 0.15) is 11.4 Å². The highest BCUT2D eigenvalue weighted by atomic mass is 35.5. The summed E-state index contributed by atoms with van der Waals surface area (Å²) in [6, 6.07) is 12.1. The van der Waals surface area contributed by atoms with Crippen LogP contribution in [0.3, 0.4) is 0 Å². The van der Waals surface area contributed by atoms with Gasteiger partial charge < -0.3 is 15.2 Å². The van der Waals surface area contributed by atoms with Gasteiger partial charge in [-0.25, -0.2) is 13.2 Å². The first kappa shape index (κ1) is 23.9. The summed E-state index contributed by atoms with van der Waals surface area (Å²) in [5.41, 5.74) is 0.754. The fraction of sp³-hybridized carbons (Fsp3) is 0.292. The van der Waals surface area contributed by atoms with Crippen LogP contribution in [0, 0.1) is 0 Å². The van der Waals surface area contributed by atoms with Crippen molar-refractivity contribution in [3.05, 3.63) is 81.0 Å². The number of phenolic OH excluding ortho intramolecular Hbond substituents is 1. The van der Waals surface area contributed by atoms with E-state index in [2.05, 4.69) is 5.32 Å². The zero-order chi connectivity index (χ0) is 23.8. The van der Waals surface area contributed by atoms with E-state index in [1.165, 1.54) is 24.3 Å². The van der Waals surface area contributed by atoms with Gasteiger partial charge in [0.2, 0.25) is 9.84 Å². The van der Waals surface area contributed by atoms with Crippen molar-refractivity contribution < 1.29 is 23.1 Å². The van der Waals surface area contributed by atoms with Crippen LogP contribution >= 0.6 is 11.6 Å². The fourth-order valence-electron chi connectivity index (χ4n) is 3.69. The molecular formula is C24H26ClNO5S. The number of sulfone groups is 1. The Balaban J connectivity index is 2.28. The first-order valence-electron chi connectivity index (χ1n) is 10.0. The maximum Gasteiger partial charge on any atom is 0.337 e. The molecule has 170 valence electrons. The number of carbonyl (C=O) groups excluding carboxylic acids is 1. The molecule has 32 heavy (non-hydrogen) atoms. The molecule has 6 nitrogen and oxygen atoms in total. The van der Waals surface area contributed by atoms with E-state index in [0.717, 1.165) is 0 Å². The van der Waals surface area contributed by atoms with Crippen LogP contribution in [-0.2, 0) is 19.4 Å². The first-order valence-corrected chi connectivity index (χ1v) is 11.9. The number of rotatable bonds is 4. The Hall–Kier alpha value is -2.77. The van der Waals surface area contributed by atoms with Crippen molar-refractivity contribution in [1.82, 2.24) is 5.32 Å². The minimum Gasteiger partial charge on any atom is -0.508 e. The lowest BCUT2D eigenvalue weighted by Crippen LogP contribution is -2.34. The van der Waals surface area contributed by atoms with Gasteiger partial charge in [-0.3, -0.25) is 0 Å². The molecule has 0 radical (unpaired) electrons. The number of allylic oxidation sites excluding steroid dienone is 3. The predicted molar refractivity (Wildman–Crippen MR) is 124 cm³/mol. The van der Waals surface area contributed by atoms with E-state index in [1.54, 1.807) is 58.9 Å². The molecule has 0 aromatic heterocycles. The SMILES string of the molecule is CC1=C(C(=O)OC(C)(C)C)C(c2ccccc2Cl)C(S(=O)(=O)c2ccc(O)cc2)=C(C)N1. The molecule has 2 N–H and O–H groups in total. The minimum atomic E-state index is -4.07. The van der Waals surface area contributed by atoms with E-state index in [4.69, 9.17) is 16.3 Å². The Bertz CT molecular complexity index is 1220. The largest absolute Gasteiger partial charge is 0.508 e. The lowest BCUT2D eigenvalue weighted by atomic mass is 9.86. The van der Waals surface area contributed by atoms with E-state index >= 15 is 0 Å². The molecule has 0 aliphatic carbocycles. The van der Waals surface area contributed by atoms with Crippen molar-refractivity contribution in [2.45, 2.75) is 51.0 Å². The maximum absolute atomic E-state index is 13.8. The van der Waals surface area contributed by atoms with Crippen LogP contribution in [-0.4, -0.2) is 25.1 Å². The molecule has 1 aliphatic rings. The average Bonchev–Trinajstić information content (AvgIpc) is 2.66. The summed E-state index contributed by atoms with van der Waals surface area (Å²) >= 11 is 6.49. The molecule has 0 saturated heterocycles. The molecule has 2 aromatic rings. The third kappa shape index (κ3) is 4.69. The summed E-state index contributed by atoms with van der Waals surface area (Å²) < 4.78 is 33.2. The smallest absolute Gasteiger partial charge is 0.337 e. The molecule has 1 atom stereocenters. The first-order chi connectivity index (χ1) is 14.8. The molecule has 0 spiro atoms. The number of nitrogens with one attached hydrogen (secondary N) is 1. The molecule has 0 amide bonds. The number of ether oxygens (including phenoxy) is 1. The van der Waals surface area contributed by atoms with Crippen LogP contribution in [0.15, 0.2) is 75.3 Å². The van der Waals surface area contributed by atoms with Crippen LogP contribution in [0.4, 0.5) is 0 Å². The van der Waals surface area contributed by atoms with Crippen LogP contribution < -0.4 is 5.32 Å². The second-order valence-corrected chi connectivity index (χ2v) is 10.9. The summed E-state index contributed by atoms with van der Waals surface area (Å²) in [5.74, 6) is -1.65. The summed E-state index contributed by atoms with van der Waals surface area (Å²) in [7, 11) is -4.07. The van der Waals surface area contributed by atoms with Gasteiger partial charge in [-0.05, 0) is 70.5 Å². The molecule has 1 heterocycles. The van der Waals surface area contributed by atoms with Gasteiger partial charge in [-0.15, -0.1) is 0 Å². The zero-order valence-corrected chi connectivity index (χ0v) is 20.1. The highest BCUT2D eigenvalue weighted by molar-refractivity contribution is 7.95.